The lowest BCUT2D eigenvalue weighted by molar-refractivity contribution is -0.105. The Labute approximate surface area is 60.8 Å². The summed E-state index contributed by atoms with van der Waals surface area (Å²) in [7, 11) is 0. The fraction of sp³-hybridized carbons (Fsp3) is 0.429. The number of nitrogens with zero attached hydrogens (tertiary/aromatic N) is 1. The summed E-state index contributed by atoms with van der Waals surface area (Å²) in [6.07, 6.45) is 0.686. The SMILES string of the molecule is C=N/C(C=O)=C(/C)NCC. The van der Waals surface area contributed by atoms with Gasteiger partial charge in [-0.3, -0.25) is 9.79 Å². The number of hydrogen-bond acceptors (Lipinski definition) is 3. The fourth-order valence-corrected chi connectivity index (χ4v) is 0.600. The molecule has 0 saturated carbocycles. The molecule has 0 amide bonds. The zero-order valence-electron chi connectivity index (χ0n) is 6.35. The minimum absolute atomic E-state index is 0.377. The molecule has 3 heteroatoms. The molecule has 0 aromatic rings. The standard InChI is InChI=1S/C7H12N2O/c1-4-9-6(2)7(5-10)8-3/h5,9H,3-4H2,1-2H3/b7-6-. The second kappa shape index (κ2) is 4.73. The topological polar surface area (TPSA) is 41.5 Å². The van der Waals surface area contributed by atoms with Crippen LogP contribution in [0.25, 0.3) is 0 Å². The highest BCUT2D eigenvalue weighted by molar-refractivity contribution is 5.75. The van der Waals surface area contributed by atoms with E-state index in [0.717, 1.165) is 12.2 Å². The second-order valence-electron chi connectivity index (χ2n) is 1.82. The number of allylic oxidation sites excluding steroid dienone is 2. The van der Waals surface area contributed by atoms with E-state index in [-0.39, 0.29) is 0 Å². The molecule has 10 heavy (non-hydrogen) atoms. The maximum Gasteiger partial charge on any atom is 0.170 e. The van der Waals surface area contributed by atoms with Crippen LogP contribution in [0.15, 0.2) is 16.4 Å². The zero-order chi connectivity index (χ0) is 7.98. The van der Waals surface area contributed by atoms with Gasteiger partial charge in [0.15, 0.2) is 6.29 Å². The van der Waals surface area contributed by atoms with Crippen molar-refractivity contribution in [3.05, 3.63) is 11.4 Å². The minimum Gasteiger partial charge on any atom is -0.387 e. The van der Waals surface area contributed by atoms with Crippen molar-refractivity contribution < 1.29 is 4.79 Å². The molecule has 0 unspecified atom stereocenters. The van der Waals surface area contributed by atoms with Crippen LogP contribution in [0.4, 0.5) is 0 Å². The summed E-state index contributed by atoms with van der Waals surface area (Å²) in [5.74, 6) is 0. The second-order valence-corrected chi connectivity index (χ2v) is 1.82. The quantitative estimate of drug-likeness (QED) is 0.355. The van der Waals surface area contributed by atoms with Crippen LogP contribution in [0.2, 0.25) is 0 Å². The third-order valence-corrected chi connectivity index (χ3v) is 1.11. The first kappa shape index (κ1) is 8.88. The molecule has 0 radical (unpaired) electrons. The molecule has 56 valence electrons. The molecule has 0 rings (SSSR count). The number of aliphatic imine (C=N–C) groups is 1. The van der Waals surface area contributed by atoms with Crippen molar-refractivity contribution in [2.45, 2.75) is 13.8 Å². The first-order valence-corrected chi connectivity index (χ1v) is 3.12. The van der Waals surface area contributed by atoms with Crippen molar-refractivity contribution >= 4 is 13.0 Å². The molecule has 0 aliphatic rings. The maximum absolute atomic E-state index is 10.2. The molecular formula is C7H12N2O. The van der Waals surface area contributed by atoms with E-state index in [1.807, 2.05) is 6.92 Å². The lowest BCUT2D eigenvalue weighted by Crippen LogP contribution is -2.11. The van der Waals surface area contributed by atoms with Gasteiger partial charge in [-0.05, 0) is 20.6 Å². The summed E-state index contributed by atoms with van der Waals surface area (Å²) in [5, 5.41) is 2.96. The Bertz CT molecular complexity index is 151. The van der Waals surface area contributed by atoms with Crippen molar-refractivity contribution in [3.8, 4) is 0 Å². The van der Waals surface area contributed by atoms with Gasteiger partial charge in [0.25, 0.3) is 0 Å². The molecule has 0 aromatic heterocycles. The Morgan fingerprint density at radius 2 is 2.40 bits per heavy atom. The summed E-state index contributed by atoms with van der Waals surface area (Å²) < 4.78 is 0. The van der Waals surface area contributed by atoms with Crippen molar-refractivity contribution in [1.29, 1.82) is 0 Å². The summed E-state index contributed by atoms with van der Waals surface area (Å²) in [6.45, 7) is 7.79. The Balaban J connectivity index is 4.26. The highest BCUT2D eigenvalue weighted by Gasteiger charge is 1.94. The largest absolute Gasteiger partial charge is 0.387 e. The number of rotatable bonds is 4. The first-order valence-electron chi connectivity index (χ1n) is 3.12. The summed E-state index contributed by atoms with van der Waals surface area (Å²) in [5.41, 5.74) is 1.15. The van der Waals surface area contributed by atoms with E-state index in [9.17, 15) is 4.79 Å². The van der Waals surface area contributed by atoms with Gasteiger partial charge >= 0.3 is 0 Å². The average molecular weight is 140 g/mol. The third-order valence-electron chi connectivity index (χ3n) is 1.11. The van der Waals surface area contributed by atoms with Gasteiger partial charge in [-0.1, -0.05) is 0 Å². The van der Waals surface area contributed by atoms with Crippen LogP contribution in [-0.2, 0) is 4.79 Å². The summed E-state index contributed by atoms with van der Waals surface area (Å²) in [6, 6.07) is 0. The number of hydrogen-bond donors (Lipinski definition) is 1. The van der Waals surface area contributed by atoms with Crippen LogP contribution < -0.4 is 5.32 Å². The van der Waals surface area contributed by atoms with Crippen molar-refractivity contribution in [1.82, 2.24) is 5.32 Å². The maximum atomic E-state index is 10.2. The molecule has 0 atom stereocenters. The fourth-order valence-electron chi connectivity index (χ4n) is 0.600. The molecule has 0 saturated heterocycles. The van der Waals surface area contributed by atoms with Gasteiger partial charge in [0.05, 0.1) is 0 Å². The van der Waals surface area contributed by atoms with Crippen LogP contribution in [0, 0.1) is 0 Å². The van der Waals surface area contributed by atoms with Gasteiger partial charge in [-0.15, -0.1) is 0 Å². The van der Waals surface area contributed by atoms with Crippen LogP contribution in [0.3, 0.4) is 0 Å². The van der Waals surface area contributed by atoms with E-state index in [0.29, 0.717) is 12.0 Å². The Kier molecular flexibility index (Phi) is 4.20. The summed E-state index contributed by atoms with van der Waals surface area (Å²) in [4.78, 5) is 13.7. The molecule has 0 aromatic carbocycles. The molecule has 0 heterocycles. The lowest BCUT2D eigenvalue weighted by Gasteiger charge is -2.02. The van der Waals surface area contributed by atoms with Crippen LogP contribution in [-0.4, -0.2) is 19.5 Å². The normalized spacial score (nSPS) is 11.8. The van der Waals surface area contributed by atoms with Gasteiger partial charge < -0.3 is 5.32 Å². The van der Waals surface area contributed by atoms with E-state index in [1.165, 1.54) is 0 Å². The predicted molar refractivity (Wildman–Crippen MR) is 42.0 cm³/mol. The highest BCUT2D eigenvalue weighted by Crippen LogP contribution is 1.96. The predicted octanol–water partition coefficient (Wildman–Crippen LogP) is 0.727. The first-order chi connectivity index (χ1) is 4.76. The molecule has 0 bridgehead atoms. The molecule has 3 nitrogen and oxygen atoms in total. The van der Waals surface area contributed by atoms with Gasteiger partial charge in [0.2, 0.25) is 0 Å². The molecule has 0 fully saturated rings. The lowest BCUT2D eigenvalue weighted by atomic mass is 10.4. The van der Waals surface area contributed by atoms with Crippen LogP contribution in [0.1, 0.15) is 13.8 Å². The molecule has 0 spiro atoms. The van der Waals surface area contributed by atoms with Gasteiger partial charge in [-0.25, -0.2) is 0 Å². The van der Waals surface area contributed by atoms with Gasteiger partial charge in [-0.2, -0.15) is 0 Å². The van der Waals surface area contributed by atoms with E-state index >= 15 is 0 Å². The third kappa shape index (κ3) is 2.44. The van der Waals surface area contributed by atoms with Crippen LogP contribution in [0.5, 0.6) is 0 Å². The van der Waals surface area contributed by atoms with Gasteiger partial charge in [0, 0.05) is 12.2 Å². The molecule has 0 aliphatic heterocycles. The number of aldehydes is 1. The minimum atomic E-state index is 0.377. The van der Waals surface area contributed by atoms with E-state index < -0.39 is 0 Å². The Morgan fingerprint density at radius 1 is 1.80 bits per heavy atom. The van der Waals surface area contributed by atoms with E-state index in [1.54, 1.807) is 6.92 Å². The molecule has 1 N–H and O–H groups in total. The monoisotopic (exact) mass is 140 g/mol. The Hall–Kier alpha value is -1.12. The van der Waals surface area contributed by atoms with E-state index in [2.05, 4.69) is 17.0 Å². The zero-order valence-corrected chi connectivity index (χ0v) is 6.35. The number of carbonyl (C=O) groups is 1. The average Bonchev–Trinajstić information content (AvgIpc) is 1.91. The van der Waals surface area contributed by atoms with E-state index in [4.69, 9.17) is 0 Å². The van der Waals surface area contributed by atoms with Crippen molar-refractivity contribution in [2.75, 3.05) is 6.54 Å². The highest BCUT2D eigenvalue weighted by atomic mass is 16.1. The van der Waals surface area contributed by atoms with Crippen molar-refractivity contribution in [2.24, 2.45) is 4.99 Å². The van der Waals surface area contributed by atoms with Crippen LogP contribution >= 0.6 is 0 Å². The van der Waals surface area contributed by atoms with Crippen molar-refractivity contribution in [3.63, 3.8) is 0 Å². The number of nitrogens with one attached hydrogen (secondary N) is 1. The number of carbonyl (C=O) groups excluding carboxylic acids is 1. The van der Waals surface area contributed by atoms with Gasteiger partial charge in [0.1, 0.15) is 5.70 Å². The smallest absolute Gasteiger partial charge is 0.170 e. The Morgan fingerprint density at radius 3 is 2.70 bits per heavy atom. The summed E-state index contributed by atoms with van der Waals surface area (Å²) >= 11 is 0. The molecule has 0 aliphatic carbocycles. The molecular weight excluding hydrogens is 128 g/mol.